The summed E-state index contributed by atoms with van der Waals surface area (Å²) in [5, 5.41) is 0. The molecule has 138 valence electrons. The van der Waals surface area contributed by atoms with Gasteiger partial charge in [-0.15, -0.1) is 0 Å². The zero-order valence-corrected chi connectivity index (χ0v) is 16.2. The van der Waals surface area contributed by atoms with Crippen molar-refractivity contribution in [2.45, 2.75) is 19.8 Å². The Bertz CT molecular complexity index is 727. The predicted molar refractivity (Wildman–Crippen MR) is 102 cm³/mol. The minimum absolute atomic E-state index is 0.0775. The molecule has 0 atom stereocenters. The molecule has 0 amide bonds. The molecule has 26 heavy (non-hydrogen) atoms. The molecule has 0 fully saturated rings. The summed E-state index contributed by atoms with van der Waals surface area (Å²) in [6, 6.07) is 13.8. The molecular formula is C20H21BrO5. The SMILES string of the molecule is CCCCOC(=O)c1ccccc1C(=O)OCCOc1ccc(Br)cc1. The summed E-state index contributed by atoms with van der Waals surface area (Å²) in [4.78, 5) is 24.4. The van der Waals surface area contributed by atoms with Crippen LogP contribution in [0.3, 0.4) is 0 Å². The summed E-state index contributed by atoms with van der Waals surface area (Å²) in [6.07, 6.45) is 1.71. The quantitative estimate of drug-likeness (QED) is 0.436. The van der Waals surface area contributed by atoms with Gasteiger partial charge in [-0.1, -0.05) is 41.4 Å². The number of benzene rings is 2. The average Bonchev–Trinajstić information content (AvgIpc) is 2.66. The molecular weight excluding hydrogens is 400 g/mol. The summed E-state index contributed by atoms with van der Waals surface area (Å²) < 4.78 is 16.8. The smallest absolute Gasteiger partial charge is 0.339 e. The third-order valence-corrected chi connectivity index (χ3v) is 4.03. The van der Waals surface area contributed by atoms with Crippen LogP contribution >= 0.6 is 15.9 Å². The maximum Gasteiger partial charge on any atom is 0.339 e. The molecule has 6 heteroatoms. The summed E-state index contributed by atoms with van der Waals surface area (Å²) in [6.45, 7) is 2.64. The lowest BCUT2D eigenvalue weighted by molar-refractivity contribution is 0.0422. The van der Waals surface area contributed by atoms with Gasteiger partial charge < -0.3 is 14.2 Å². The van der Waals surface area contributed by atoms with Gasteiger partial charge in [0.2, 0.25) is 0 Å². The minimum atomic E-state index is -0.576. The lowest BCUT2D eigenvalue weighted by Crippen LogP contribution is -2.17. The van der Waals surface area contributed by atoms with E-state index in [9.17, 15) is 9.59 Å². The van der Waals surface area contributed by atoms with Gasteiger partial charge in [-0.2, -0.15) is 0 Å². The molecule has 0 saturated heterocycles. The molecule has 0 N–H and O–H groups in total. The van der Waals surface area contributed by atoms with E-state index >= 15 is 0 Å². The molecule has 0 aliphatic rings. The Kier molecular flexibility index (Phi) is 8.15. The molecule has 2 aromatic carbocycles. The van der Waals surface area contributed by atoms with E-state index in [0.29, 0.717) is 12.4 Å². The van der Waals surface area contributed by atoms with Crippen molar-refractivity contribution >= 4 is 27.9 Å². The van der Waals surface area contributed by atoms with Gasteiger partial charge in [0.25, 0.3) is 0 Å². The van der Waals surface area contributed by atoms with Crippen LogP contribution in [0.4, 0.5) is 0 Å². The van der Waals surface area contributed by atoms with Crippen molar-refractivity contribution in [1.82, 2.24) is 0 Å². The van der Waals surface area contributed by atoms with Gasteiger partial charge in [-0.25, -0.2) is 9.59 Å². The first-order valence-corrected chi connectivity index (χ1v) is 9.22. The molecule has 2 rings (SSSR count). The van der Waals surface area contributed by atoms with Crippen LogP contribution in [-0.4, -0.2) is 31.8 Å². The molecule has 0 bridgehead atoms. The highest BCUT2D eigenvalue weighted by atomic mass is 79.9. The van der Waals surface area contributed by atoms with Gasteiger partial charge in [0.15, 0.2) is 0 Å². The zero-order valence-electron chi connectivity index (χ0n) is 14.6. The number of halogens is 1. The van der Waals surface area contributed by atoms with Crippen LogP contribution in [0.15, 0.2) is 53.0 Å². The molecule has 0 heterocycles. The van der Waals surface area contributed by atoms with Crippen LogP contribution in [0.1, 0.15) is 40.5 Å². The molecule has 0 unspecified atom stereocenters. The Labute approximate surface area is 161 Å². The molecule has 2 aromatic rings. The van der Waals surface area contributed by atoms with E-state index in [0.717, 1.165) is 17.3 Å². The van der Waals surface area contributed by atoms with Crippen molar-refractivity contribution < 1.29 is 23.8 Å². The van der Waals surface area contributed by atoms with E-state index in [-0.39, 0.29) is 24.3 Å². The first-order chi connectivity index (χ1) is 12.6. The third-order valence-electron chi connectivity index (χ3n) is 3.50. The maximum atomic E-state index is 12.3. The standard InChI is InChI=1S/C20H21BrO5/c1-2-3-12-25-19(22)17-6-4-5-7-18(17)20(23)26-14-13-24-16-10-8-15(21)9-11-16/h4-11H,2-3,12-14H2,1H3. The topological polar surface area (TPSA) is 61.8 Å². The molecule has 0 spiro atoms. The highest BCUT2D eigenvalue weighted by molar-refractivity contribution is 9.10. The fourth-order valence-corrected chi connectivity index (χ4v) is 2.39. The van der Waals surface area contributed by atoms with Gasteiger partial charge in [0.05, 0.1) is 17.7 Å². The summed E-state index contributed by atoms with van der Waals surface area (Å²) in [5.41, 5.74) is 0.403. The normalized spacial score (nSPS) is 10.2. The number of rotatable bonds is 9. The predicted octanol–water partition coefficient (Wildman–Crippen LogP) is 4.64. The fraction of sp³-hybridized carbons (Fsp3) is 0.300. The van der Waals surface area contributed by atoms with Crippen molar-refractivity contribution in [3.8, 4) is 5.75 Å². The van der Waals surface area contributed by atoms with Crippen LogP contribution < -0.4 is 4.74 Å². The first-order valence-electron chi connectivity index (χ1n) is 8.43. The Hall–Kier alpha value is -2.34. The van der Waals surface area contributed by atoms with Gasteiger partial charge in [0, 0.05) is 4.47 Å². The third kappa shape index (κ3) is 6.19. The van der Waals surface area contributed by atoms with E-state index in [2.05, 4.69) is 15.9 Å². The van der Waals surface area contributed by atoms with Crippen LogP contribution in [0.5, 0.6) is 5.75 Å². The van der Waals surface area contributed by atoms with Gasteiger partial charge in [-0.05, 0) is 42.8 Å². The van der Waals surface area contributed by atoms with Crippen molar-refractivity contribution in [1.29, 1.82) is 0 Å². The van der Waals surface area contributed by atoms with Crippen molar-refractivity contribution in [2.75, 3.05) is 19.8 Å². The number of esters is 2. The molecule has 0 radical (unpaired) electrons. The maximum absolute atomic E-state index is 12.3. The molecule has 0 aliphatic carbocycles. The second kappa shape index (κ2) is 10.6. The largest absolute Gasteiger partial charge is 0.490 e. The Morgan fingerprint density at radius 1 is 0.846 bits per heavy atom. The average molecular weight is 421 g/mol. The van der Waals surface area contributed by atoms with Crippen molar-refractivity contribution in [3.05, 3.63) is 64.1 Å². The van der Waals surface area contributed by atoms with Crippen molar-refractivity contribution in [2.24, 2.45) is 0 Å². The van der Waals surface area contributed by atoms with Crippen LogP contribution in [0.25, 0.3) is 0 Å². The van der Waals surface area contributed by atoms with Gasteiger partial charge in [-0.3, -0.25) is 0 Å². The monoisotopic (exact) mass is 420 g/mol. The van der Waals surface area contributed by atoms with E-state index in [4.69, 9.17) is 14.2 Å². The molecule has 0 saturated carbocycles. The second-order valence-electron chi connectivity index (χ2n) is 5.47. The van der Waals surface area contributed by atoms with E-state index in [1.165, 1.54) is 0 Å². The number of unbranched alkanes of at least 4 members (excludes halogenated alkanes) is 1. The molecule has 5 nitrogen and oxygen atoms in total. The van der Waals surface area contributed by atoms with Crippen LogP contribution in [0, 0.1) is 0 Å². The van der Waals surface area contributed by atoms with Crippen molar-refractivity contribution in [3.63, 3.8) is 0 Å². The number of hydrogen-bond donors (Lipinski definition) is 0. The van der Waals surface area contributed by atoms with E-state index in [1.807, 2.05) is 31.2 Å². The van der Waals surface area contributed by atoms with E-state index < -0.39 is 11.9 Å². The molecule has 0 aromatic heterocycles. The summed E-state index contributed by atoms with van der Waals surface area (Å²) in [7, 11) is 0. The number of ether oxygens (including phenoxy) is 3. The second-order valence-corrected chi connectivity index (χ2v) is 6.39. The lowest BCUT2D eigenvalue weighted by atomic mass is 10.1. The minimum Gasteiger partial charge on any atom is -0.490 e. The number of carbonyl (C=O) groups excluding carboxylic acids is 2. The highest BCUT2D eigenvalue weighted by Crippen LogP contribution is 2.16. The van der Waals surface area contributed by atoms with Crippen LogP contribution in [-0.2, 0) is 9.47 Å². The summed E-state index contributed by atoms with van der Waals surface area (Å²) in [5.74, 6) is -0.409. The Balaban J connectivity index is 1.86. The lowest BCUT2D eigenvalue weighted by Gasteiger charge is -2.10. The Morgan fingerprint density at radius 2 is 1.42 bits per heavy atom. The van der Waals surface area contributed by atoms with Gasteiger partial charge in [0.1, 0.15) is 19.0 Å². The van der Waals surface area contributed by atoms with Gasteiger partial charge >= 0.3 is 11.9 Å². The number of carbonyl (C=O) groups is 2. The molecule has 0 aliphatic heterocycles. The van der Waals surface area contributed by atoms with Crippen LogP contribution in [0.2, 0.25) is 0 Å². The first kappa shape index (κ1) is 20.0. The highest BCUT2D eigenvalue weighted by Gasteiger charge is 2.18. The Morgan fingerprint density at radius 3 is 2.00 bits per heavy atom. The van der Waals surface area contributed by atoms with E-state index in [1.54, 1.807) is 24.3 Å². The zero-order chi connectivity index (χ0) is 18.8. The number of hydrogen-bond acceptors (Lipinski definition) is 5. The fourth-order valence-electron chi connectivity index (χ4n) is 2.13. The summed E-state index contributed by atoms with van der Waals surface area (Å²) >= 11 is 3.35.